The molecule has 0 saturated heterocycles. The summed E-state index contributed by atoms with van der Waals surface area (Å²) in [6.45, 7) is 12.0. The van der Waals surface area contributed by atoms with E-state index in [0.29, 0.717) is 48.7 Å². The smallest absolute Gasteiger partial charge is 0.383 e. The molecule has 222 valence electrons. The Morgan fingerprint density at radius 2 is 1.55 bits per heavy atom. The summed E-state index contributed by atoms with van der Waals surface area (Å²) in [5, 5.41) is 0.649. The summed E-state index contributed by atoms with van der Waals surface area (Å²) in [7, 11) is 0. The maximum absolute atomic E-state index is 13.0. The van der Waals surface area contributed by atoms with Gasteiger partial charge in [-0.1, -0.05) is 94.2 Å². The first kappa shape index (κ1) is 33.3. The third-order valence-corrected chi connectivity index (χ3v) is 6.75. The standard InChI is InChI=1S/C35H52O5/c1-6-8-10-12-13-14-15-17-25-37-30-22-19-23-31-32(30)33(39-27-24-29(5)21-18-20-28(3)4)34(35(36)40-31)38-26-16-11-9-7-2/h9,11,19-20,22-24H,6-8,10,12-18,21,25-27H2,1-5H3. The molecule has 0 aliphatic carbocycles. The summed E-state index contributed by atoms with van der Waals surface area (Å²) >= 11 is 0. The van der Waals surface area contributed by atoms with E-state index in [-0.39, 0.29) is 5.75 Å². The number of hydrogen-bond donors (Lipinski definition) is 0. The molecule has 0 radical (unpaired) electrons. The van der Waals surface area contributed by atoms with Crippen molar-refractivity contribution in [3.8, 4) is 17.2 Å². The van der Waals surface area contributed by atoms with E-state index in [2.05, 4.69) is 58.9 Å². The van der Waals surface area contributed by atoms with Crippen molar-refractivity contribution < 1.29 is 18.6 Å². The predicted molar refractivity (Wildman–Crippen MR) is 168 cm³/mol. The number of unbranched alkanes of at least 4 members (excludes halogenated alkanes) is 7. The van der Waals surface area contributed by atoms with Crippen LogP contribution in [0.2, 0.25) is 0 Å². The molecule has 0 fully saturated rings. The first-order valence-electron chi connectivity index (χ1n) is 15.4. The zero-order valence-electron chi connectivity index (χ0n) is 25.7. The summed E-state index contributed by atoms with van der Waals surface area (Å²) in [5.74, 6) is 1.15. The molecular weight excluding hydrogens is 500 g/mol. The van der Waals surface area contributed by atoms with Crippen LogP contribution in [0, 0.1) is 0 Å². The minimum absolute atomic E-state index is 0.108. The van der Waals surface area contributed by atoms with E-state index in [9.17, 15) is 4.79 Å². The van der Waals surface area contributed by atoms with Gasteiger partial charge in [0.1, 0.15) is 23.3 Å². The monoisotopic (exact) mass is 552 g/mol. The highest BCUT2D eigenvalue weighted by molar-refractivity contribution is 5.91. The van der Waals surface area contributed by atoms with Gasteiger partial charge in [0, 0.05) is 0 Å². The quantitative estimate of drug-likeness (QED) is 0.0876. The second-order valence-corrected chi connectivity index (χ2v) is 10.7. The van der Waals surface area contributed by atoms with Gasteiger partial charge in [0.05, 0.1) is 13.2 Å². The normalized spacial score (nSPS) is 11.8. The summed E-state index contributed by atoms with van der Waals surface area (Å²) < 4.78 is 24.1. The lowest BCUT2D eigenvalue weighted by atomic mass is 10.1. The van der Waals surface area contributed by atoms with Crippen LogP contribution < -0.4 is 19.8 Å². The zero-order chi connectivity index (χ0) is 29.0. The Labute approximate surface area is 242 Å². The van der Waals surface area contributed by atoms with Crippen molar-refractivity contribution in [2.45, 2.75) is 112 Å². The van der Waals surface area contributed by atoms with Gasteiger partial charge in [-0.15, -0.1) is 0 Å². The largest absolute Gasteiger partial charge is 0.493 e. The highest BCUT2D eigenvalue weighted by Crippen LogP contribution is 2.39. The summed E-state index contributed by atoms with van der Waals surface area (Å²) in [4.78, 5) is 13.0. The number of ether oxygens (including phenoxy) is 3. The van der Waals surface area contributed by atoms with Gasteiger partial charge in [0.2, 0.25) is 5.75 Å². The Hall–Kier alpha value is -2.95. The molecule has 0 spiro atoms. The molecule has 5 nitrogen and oxygen atoms in total. The van der Waals surface area contributed by atoms with E-state index in [1.54, 1.807) is 6.07 Å². The van der Waals surface area contributed by atoms with E-state index in [1.807, 2.05) is 12.1 Å². The molecule has 2 aromatic rings. The predicted octanol–water partition coefficient (Wildman–Crippen LogP) is 10.1. The number of hydrogen-bond acceptors (Lipinski definition) is 5. The fraction of sp³-hybridized carbons (Fsp3) is 0.571. The van der Waals surface area contributed by atoms with Gasteiger partial charge in [-0.2, -0.15) is 0 Å². The van der Waals surface area contributed by atoms with Crippen LogP contribution in [0.1, 0.15) is 112 Å². The van der Waals surface area contributed by atoms with Gasteiger partial charge in [-0.25, -0.2) is 4.79 Å². The van der Waals surface area contributed by atoms with Gasteiger partial charge in [-0.05, 0) is 71.1 Å². The van der Waals surface area contributed by atoms with Crippen LogP contribution in [0.4, 0.5) is 0 Å². The number of allylic oxidation sites excluding steroid dienone is 4. The van der Waals surface area contributed by atoms with Gasteiger partial charge >= 0.3 is 5.63 Å². The van der Waals surface area contributed by atoms with E-state index in [4.69, 9.17) is 18.6 Å². The third kappa shape index (κ3) is 12.5. The molecule has 1 aromatic carbocycles. The van der Waals surface area contributed by atoms with Crippen LogP contribution >= 0.6 is 0 Å². The SMILES string of the molecule is CCC=CCCOc1c(OCC=C(C)CCC=C(C)C)c2c(OCCCCCCCCCC)cccc2oc1=O. The average molecular weight is 553 g/mol. The molecule has 0 unspecified atom stereocenters. The van der Waals surface area contributed by atoms with E-state index in [1.165, 1.54) is 49.7 Å². The zero-order valence-corrected chi connectivity index (χ0v) is 25.7. The third-order valence-electron chi connectivity index (χ3n) is 6.75. The van der Waals surface area contributed by atoms with Crippen molar-refractivity contribution in [3.05, 3.63) is 64.1 Å². The molecule has 1 heterocycles. The lowest BCUT2D eigenvalue weighted by molar-refractivity contribution is 0.273. The fourth-order valence-corrected chi connectivity index (χ4v) is 4.44. The molecular formula is C35H52O5. The first-order valence-corrected chi connectivity index (χ1v) is 15.4. The molecule has 0 bridgehead atoms. The topological polar surface area (TPSA) is 57.9 Å². The molecule has 0 atom stereocenters. The van der Waals surface area contributed by atoms with Crippen LogP contribution in [0.25, 0.3) is 11.0 Å². The lowest BCUT2D eigenvalue weighted by Gasteiger charge is -2.16. The van der Waals surface area contributed by atoms with Crippen molar-refractivity contribution >= 4 is 11.0 Å². The second-order valence-electron chi connectivity index (χ2n) is 10.7. The summed E-state index contributed by atoms with van der Waals surface area (Å²) in [5.41, 5.74) is 2.46. The van der Waals surface area contributed by atoms with Crippen molar-refractivity contribution in [2.24, 2.45) is 0 Å². The highest BCUT2D eigenvalue weighted by atomic mass is 16.5. The van der Waals surface area contributed by atoms with E-state index < -0.39 is 5.63 Å². The molecule has 0 N–H and O–H groups in total. The summed E-state index contributed by atoms with van der Waals surface area (Å²) in [6, 6.07) is 5.54. The molecule has 0 saturated carbocycles. The Kier molecular flexibility index (Phi) is 16.6. The lowest BCUT2D eigenvalue weighted by Crippen LogP contribution is -2.12. The van der Waals surface area contributed by atoms with Crippen LogP contribution in [0.5, 0.6) is 17.2 Å². The van der Waals surface area contributed by atoms with Gasteiger partial charge in [-0.3, -0.25) is 0 Å². The molecule has 0 amide bonds. The van der Waals surface area contributed by atoms with Crippen LogP contribution in [0.15, 0.2) is 62.9 Å². The van der Waals surface area contributed by atoms with Gasteiger partial charge in [0.15, 0.2) is 5.75 Å². The van der Waals surface area contributed by atoms with E-state index in [0.717, 1.165) is 32.1 Å². The van der Waals surface area contributed by atoms with Crippen LogP contribution in [-0.4, -0.2) is 19.8 Å². The van der Waals surface area contributed by atoms with Crippen LogP contribution in [-0.2, 0) is 0 Å². The summed E-state index contributed by atoms with van der Waals surface area (Å²) in [6.07, 6.45) is 22.0. The molecule has 1 aromatic heterocycles. The molecule has 0 aliphatic heterocycles. The Morgan fingerprint density at radius 3 is 2.27 bits per heavy atom. The molecule has 5 heteroatoms. The molecule has 0 aliphatic rings. The van der Waals surface area contributed by atoms with Crippen molar-refractivity contribution in [2.75, 3.05) is 19.8 Å². The van der Waals surface area contributed by atoms with Crippen molar-refractivity contribution in [1.82, 2.24) is 0 Å². The number of benzene rings is 1. The Morgan fingerprint density at radius 1 is 0.800 bits per heavy atom. The van der Waals surface area contributed by atoms with Crippen molar-refractivity contribution in [3.63, 3.8) is 0 Å². The van der Waals surface area contributed by atoms with Gasteiger partial charge < -0.3 is 18.6 Å². The maximum atomic E-state index is 13.0. The minimum atomic E-state index is -0.536. The molecule has 2 rings (SSSR count). The van der Waals surface area contributed by atoms with Gasteiger partial charge in [0.25, 0.3) is 0 Å². The van der Waals surface area contributed by atoms with Crippen molar-refractivity contribution in [1.29, 1.82) is 0 Å². The Balaban J connectivity index is 2.20. The van der Waals surface area contributed by atoms with Crippen LogP contribution in [0.3, 0.4) is 0 Å². The second kappa shape index (κ2) is 20.0. The average Bonchev–Trinajstić information content (AvgIpc) is 2.92. The van der Waals surface area contributed by atoms with E-state index >= 15 is 0 Å². The minimum Gasteiger partial charge on any atom is -0.493 e. The maximum Gasteiger partial charge on any atom is 0.383 e. The highest BCUT2D eigenvalue weighted by Gasteiger charge is 2.21. The fourth-order valence-electron chi connectivity index (χ4n) is 4.44. The Bertz CT molecular complexity index is 1130. The number of fused-ring (bicyclic) bond motifs is 1. The molecule has 40 heavy (non-hydrogen) atoms. The first-order chi connectivity index (χ1) is 19.5. The number of rotatable bonds is 21.